The molecule has 0 spiro atoms. The van der Waals surface area contributed by atoms with Crippen LogP contribution >= 0.6 is 0 Å². The molecule has 3 nitrogen and oxygen atoms in total. The van der Waals surface area contributed by atoms with Crippen molar-refractivity contribution in [2.75, 3.05) is 26.4 Å². The predicted molar refractivity (Wildman–Crippen MR) is 34.2 cm³/mol. The van der Waals surface area contributed by atoms with Crippen LogP contribution in [0.5, 0.6) is 0 Å². The summed E-state index contributed by atoms with van der Waals surface area (Å²) in [5.41, 5.74) is 5.21. The molecule has 1 fully saturated rings. The van der Waals surface area contributed by atoms with E-state index in [9.17, 15) is 0 Å². The molecule has 2 N–H and O–H groups in total. The first-order chi connectivity index (χ1) is 4.27. The van der Waals surface area contributed by atoms with Crippen molar-refractivity contribution in [2.24, 2.45) is 5.73 Å². The average molecular weight is 131 g/mol. The minimum Gasteiger partial charge on any atom is -0.376 e. The maximum absolute atomic E-state index is 5.43. The van der Waals surface area contributed by atoms with E-state index < -0.39 is 0 Å². The highest BCUT2D eigenvalue weighted by molar-refractivity contribution is 4.77. The molecule has 0 bridgehead atoms. The van der Waals surface area contributed by atoms with Crippen LogP contribution in [0.4, 0.5) is 0 Å². The zero-order valence-electron chi connectivity index (χ0n) is 5.72. The fourth-order valence-electron chi connectivity index (χ4n) is 0.795. The van der Waals surface area contributed by atoms with Gasteiger partial charge in [-0.25, -0.2) is 0 Å². The van der Waals surface area contributed by atoms with E-state index >= 15 is 0 Å². The van der Waals surface area contributed by atoms with Gasteiger partial charge in [0, 0.05) is 6.54 Å². The third kappa shape index (κ3) is 1.64. The lowest BCUT2D eigenvalue weighted by atomic mass is 10.1. The van der Waals surface area contributed by atoms with Crippen LogP contribution in [0.25, 0.3) is 0 Å². The van der Waals surface area contributed by atoms with E-state index in [0.29, 0.717) is 26.4 Å². The van der Waals surface area contributed by atoms with Crippen molar-refractivity contribution >= 4 is 0 Å². The fraction of sp³-hybridized carbons (Fsp3) is 1.00. The van der Waals surface area contributed by atoms with Crippen molar-refractivity contribution < 1.29 is 9.47 Å². The van der Waals surface area contributed by atoms with Crippen LogP contribution in [0.15, 0.2) is 0 Å². The number of hydrogen-bond donors (Lipinski definition) is 1. The van der Waals surface area contributed by atoms with E-state index in [0.717, 1.165) is 0 Å². The number of hydrogen-bond acceptors (Lipinski definition) is 3. The second-order valence-electron chi connectivity index (χ2n) is 2.56. The van der Waals surface area contributed by atoms with Crippen LogP contribution in [-0.4, -0.2) is 32.0 Å². The highest BCUT2D eigenvalue weighted by Crippen LogP contribution is 2.12. The standard InChI is InChI=1S/C6H13NO2/c1-6(4-7)5-8-2-3-9-6/h2-5,7H2,1H3. The van der Waals surface area contributed by atoms with Crippen LogP contribution in [0, 0.1) is 0 Å². The van der Waals surface area contributed by atoms with Gasteiger partial charge in [0.1, 0.15) is 5.60 Å². The average Bonchev–Trinajstić information content (AvgIpc) is 1.90. The SMILES string of the molecule is CC1(CN)COCCO1. The summed E-state index contributed by atoms with van der Waals surface area (Å²) in [5, 5.41) is 0. The fourth-order valence-corrected chi connectivity index (χ4v) is 0.795. The Morgan fingerprint density at radius 1 is 1.56 bits per heavy atom. The minimum absolute atomic E-state index is 0.224. The molecule has 1 atom stereocenters. The van der Waals surface area contributed by atoms with Crippen LogP contribution in [0.2, 0.25) is 0 Å². The highest BCUT2D eigenvalue weighted by Gasteiger charge is 2.26. The minimum atomic E-state index is -0.224. The Balaban J connectivity index is 2.37. The molecule has 0 amide bonds. The smallest absolute Gasteiger partial charge is 0.101 e. The second-order valence-corrected chi connectivity index (χ2v) is 2.56. The van der Waals surface area contributed by atoms with E-state index in [1.807, 2.05) is 6.92 Å². The Morgan fingerprint density at radius 3 is 2.67 bits per heavy atom. The van der Waals surface area contributed by atoms with Gasteiger partial charge in [-0.05, 0) is 6.92 Å². The summed E-state index contributed by atoms with van der Waals surface area (Å²) in [5.74, 6) is 0. The van der Waals surface area contributed by atoms with Gasteiger partial charge >= 0.3 is 0 Å². The van der Waals surface area contributed by atoms with Crippen molar-refractivity contribution in [1.82, 2.24) is 0 Å². The third-order valence-electron chi connectivity index (χ3n) is 1.52. The van der Waals surface area contributed by atoms with Gasteiger partial charge in [-0.3, -0.25) is 0 Å². The monoisotopic (exact) mass is 131 g/mol. The quantitative estimate of drug-likeness (QED) is 0.533. The zero-order chi connectivity index (χ0) is 6.74. The molecule has 1 aliphatic rings. The van der Waals surface area contributed by atoms with Gasteiger partial charge in [0.25, 0.3) is 0 Å². The molecule has 9 heavy (non-hydrogen) atoms. The van der Waals surface area contributed by atoms with Gasteiger partial charge in [-0.2, -0.15) is 0 Å². The van der Waals surface area contributed by atoms with Crippen LogP contribution in [-0.2, 0) is 9.47 Å². The number of nitrogens with two attached hydrogens (primary N) is 1. The highest BCUT2D eigenvalue weighted by atomic mass is 16.6. The van der Waals surface area contributed by atoms with E-state index in [4.69, 9.17) is 15.2 Å². The van der Waals surface area contributed by atoms with Gasteiger partial charge in [0.2, 0.25) is 0 Å². The zero-order valence-corrected chi connectivity index (χ0v) is 5.72. The number of ether oxygens (including phenoxy) is 2. The molecule has 1 unspecified atom stereocenters. The predicted octanol–water partition coefficient (Wildman–Crippen LogP) is -0.249. The van der Waals surface area contributed by atoms with Crippen molar-refractivity contribution in [3.63, 3.8) is 0 Å². The van der Waals surface area contributed by atoms with E-state index in [-0.39, 0.29) is 5.60 Å². The van der Waals surface area contributed by atoms with Crippen LogP contribution in [0.1, 0.15) is 6.92 Å². The van der Waals surface area contributed by atoms with Crippen molar-refractivity contribution in [2.45, 2.75) is 12.5 Å². The Labute approximate surface area is 55.1 Å². The van der Waals surface area contributed by atoms with Gasteiger partial charge < -0.3 is 15.2 Å². The third-order valence-corrected chi connectivity index (χ3v) is 1.52. The molecule has 54 valence electrons. The van der Waals surface area contributed by atoms with Crippen LogP contribution < -0.4 is 5.73 Å². The second kappa shape index (κ2) is 2.64. The molecule has 0 saturated carbocycles. The summed E-state index contributed by atoms with van der Waals surface area (Å²) in [6, 6.07) is 0. The summed E-state index contributed by atoms with van der Waals surface area (Å²) in [7, 11) is 0. The summed E-state index contributed by atoms with van der Waals surface area (Å²) in [6.07, 6.45) is 0. The van der Waals surface area contributed by atoms with Crippen molar-refractivity contribution in [1.29, 1.82) is 0 Å². The first-order valence-corrected chi connectivity index (χ1v) is 3.19. The summed E-state index contributed by atoms with van der Waals surface area (Å²) in [4.78, 5) is 0. The Bertz CT molecular complexity index is 89.1. The molecule has 0 aromatic rings. The lowest BCUT2D eigenvalue weighted by Gasteiger charge is -2.32. The molecular weight excluding hydrogens is 118 g/mol. The van der Waals surface area contributed by atoms with Gasteiger partial charge in [-0.15, -0.1) is 0 Å². The molecule has 1 rings (SSSR count). The molecule has 0 radical (unpaired) electrons. The normalized spacial score (nSPS) is 36.7. The maximum atomic E-state index is 5.43. The van der Waals surface area contributed by atoms with Crippen molar-refractivity contribution in [3.8, 4) is 0 Å². The van der Waals surface area contributed by atoms with Crippen LogP contribution in [0.3, 0.4) is 0 Å². The van der Waals surface area contributed by atoms with Gasteiger partial charge in [0.05, 0.1) is 19.8 Å². The Kier molecular flexibility index (Phi) is 2.05. The summed E-state index contributed by atoms with van der Waals surface area (Å²) in [6.45, 7) is 4.51. The molecule has 0 aromatic heterocycles. The Hall–Kier alpha value is -0.120. The molecule has 1 saturated heterocycles. The molecule has 0 aromatic carbocycles. The largest absolute Gasteiger partial charge is 0.376 e. The van der Waals surface area contributed by atoms with E-state index in [2.05, 4.69) is 0 Å². The summed E-state index contributed by atoms with van der Waals surface area (Å²) >= 11 is 0. The van der Waals surface area contributed by atoms with E-state index in [1.165, 1.54) is 0 Å². The summed E-state index contributed by atoms with van der Waals surface area (Å²) < 4.78 is 10.5. The van der Waals surface area contributed by atoms with Crippen molar-refractivity contribution in [3.05, 3.63) is 0 Å². The lowest BCUT2D eigenvalue weighted by Crippen LogP contribution is -2.46. The molecule has 0 aliphatic carbocycles. The lowest BCUT2D eigenvalue weighted by molar-refractivity contribution is -0.142. The maximum Gasteiger partial charge on any atom is 0.101 e. The van der Waals surface area contributed by atoms with Gasteiger partial charge in [-0.1, -0.05) is 0 Å². The van der Waals surface area contributed by atoms with E-state index in [1.54, 1.807) is 0 Å². The molecule has 3 heteroatoms. The number of rotatable bonds is 1. The van der Waals surface area contributed by atoms with Gasteiger partial charge in [0.15, 0.2) is 0 Å². The Morgan fingerprint density at radius 2 is 2.33 bits per heavy atom. The first kappa shape index (κ1) is 6.99. The first-order valence-electron chi connectivity index (χ1n) is 3.19. The molecule has 1 aliphatic heterocycles. The molecular formula is C6H13NO2. The topological polar surface area (TPSA) is 44.5 Å². The molecule has 1 heterocycles.